The van der Waals surface area contributed by atoms with E-state index in [9.17, 15) is 9.59 Å². The summed E-state index contributed by atoms with van der Waals surface area (Å²) in [6, 6.07) is -0.0544. The largest absolute Gasteiger partial charge is 0.272 e. The molecule has 0 saturated carbocycles. The molecular weight excluding hydrogens is 178 g/mol. The molecule has 1 aliphatic rings. The fourth-order valence-corrected chi connectivity index (χ4v) is 1.83. The standard InChI is InChI=1S/C11H17NO2/c1-6(2)9-8(5)10(13)12(7(3)4)11(9)14/h6-7H,1-5H3. The number of amides is 2. The van der Waals surface area contributed by atoms with Crippen LogP contribution in [0.25, 0.3) is 0 Å². The molecule has 3 heteroatoms. The first-order chi connectivity index (χ1) is 6.37. The zero-order chi connectivity index (χ0) is 11.0. The number of rotatable bonds is 2. The summed E-state index contributed by atoms with van der Waals surface area (Å²) in [6.07, 6.45) is 0. The van der Waals surface area contributed by atoms with Crippen molar-refractivity contribution in [2.45, 2.75) is 40.7 Å². The zero-order valence-corrected chi connectivity index (χ0v) is 9.42. The summed E-state index contributed by atoms with van der Waals surface area (Å²) in [5.41, 5.74) is 1.28. The van der Waals surface area contributed by atoms with E-state index < -0.39 is 0 Å². The van der Waals surface area contributed by atoms with Gasteiger partial charge < -0.3 is 0 Å². The Morgan fingerprint density at radius 3 is 1.71 bits per heavy atom. The molecule has 0 aromatic heterocycles. The monoisotopic (exact) mass is 195 g/mol. The molecule has 0 saturated heterocycles. The Morgan fingerprint density at radius 1 is 1.00 bits per heavy atom. The Bertz CT molecular complexity index is 313. The predicted octanol–water partition coefficient (Wildman–Crippen LogP) is 1.74. The average molecular weight is 195 g/mol. The van der Waals surface area contributed by atoms with Crippen molar-refractivity contribution in [3.05, 3.63) is 11.1 Å². The lowest BCUT2D eigenvalue weighted by Crippen LogP contribution is -2.37. The van der Waals surface area contributed by atoms with Crippen LogP contribution in [-0.4, -0.2) is 22.8 Å². The van der Waals surface area contributed by atoms with Gasteiger partial charge >= 0.3 is 0 Å². The van der Waals surface area contributed by atoms with E-state index in [2.05, 4.69) is 0 Å². The molecule has 78 valence electrons. The van der Waals surface area contributed by atoms with E-state index in [1.165, 1.54) is 4.90 Å². The average Bonchev–Trinajstić information content (AvgIpc) is 2.23. The van der Waals surface area contributed by atoms with Crippen LogP contribution < -0.4 is 0 Å². The number of imide groups is 1. The summed E-state index contributed by atoms with van der Waals surface area (Å²) in [5.74, 6) is -0.124. The van der Waals surface area contributed by atoms with Crippen LogP contribution in [0.1, 0.15) is 34.6 Å². The van der Waals surface area contributed by atoms with Crippen molar-refractivity contribution >= 4 is 11.8 Å². The normalized spacial score (nSPS) is 18.1. The van der Waals surface area contributed by atoms with Crippen LogP contribution in [0.5, 0.6) is 0 Å². The van der Waals surface area contributed by atoms with Gasteiger partial charge in [0.1, 0.15) is 0 Å². The molecule has 0 atom stereocenters. The van der Waals surface area contributed by atoms with Gasteiger partial charge in [-0.1, -0.05) is 13.8 Å². The molecule has 0 aliphatic carbocycles. The zero-order valence-electron chi connectivity index (χ0n) is 9.42. The third kappa shape index (κ3) is 1.47. The van der Waals surface area contributed by atoms with Gasteiger partial charge in [0.25, 0.3) is 11.8 Å². The van der Waals surface area contributed by atoms with Crippen LogP contribution in [0.15, 0.2) is 11.1 Å². The van der Waals surface area contributed by atoms with Gasteiger partial charge in [0.15, 0.2) is 0 Å². The maximum atomic E-state index is 11.9. The third-order valence-electron chi connectivity index (χ3n) is 2.49. The molecule has 1 aliphatic heterocycles. The summed E-state index contributed by atoms with van der Waals surface area (Å²) in [5, 5.41) is 0. The van der Waals surface area contributed by atoms with Crippen LogP contribution in [0.2, 0.25) is 0 Å². The van der Waals surface area contributed by atoms with Gasteiger partial charge in [0.05, 0.1) is 0 Å². The smallest absolute Gasteiger partial charge is 0.257 e. The molecule has 14 heavy (non-hydrogen) atoms. The summed E-state index contributed by atoms with van der Waals surface area (Å²) in [4.78, 5) is 24.9. The van der Waals surface area contributed by atoms with Crippen molar-refractivity contribution in [1.29, 1.82) is 0 Å². The second kappa shape index (κ2) is 3.56. The maximum absolute atomic E-state index is 11.9. The number of hydrogen-bond acceptors (Lipinski definition) is 2. The van der Waals surface area contributed by atoms with Gasteiger partial charge in [-0.15, -0.1) is 0 Å². The maximum Gasteiger partial charge on any atom is 0.257 e. The van der Waals surface area contributed by atoms with Gasteiger partial charge in [0.2, 0.25) is 0 Å². The van der Waals surface area contributed by atoms with Gasteiger partial charge in [-0.05, 0) is 26.7 Å². The van der Waals surface area contributed by atoms with E-state index in [1.54, 1.807) is 6.92 Å². The Kier molecular flexibility index (Phi) is 2.79. The number of carbonyl (C=O) groups is 2. The van der Waals surface area contributed by atoms with E-state index in [-0.39, 0.29) is 23.8 Å². The minimum Gasteiger partial charge on any atom is -0.272 e. The lowest BCUT2D eigenvalue weighted by Gasteiger charge is -2.19. The summed E-state index contributed by atoms with van der Waals surface area (Å²) >= 11 is 0. The van der Waals surface area contributed by atoms with Crippen molar-refractivity contribution < 1.29 is 9.59 Å². The van der Waals surface area contributed by atoms with Crippen molar-refractivity contribution in [2.75, 3.05) is 0 Å². The molecule has 0 aromatic carbocycles. The van der Waals surface area contributed by atoms with Crippen molar-refractivity contribution in [3.8, 4) is 0 Å². The second-order valence-electron chi connectivity index (χ2n) is 4.27. The first-order valence-electron chi connectivity index (χ1n) is 4.96. The Hall–Kier alpha value is -1.12. The Labute approximate surface area is 84.8 Å². The first-order valence-corrected chi connectivity index (χ1v) is 4.96. The molecule has 0 N–H and O–H groups in total. The van der Waals surface area contributed by atoms with Crippen LogP contribution in [0, 0.1) is 5.92 Å². The van der Waals surface area contributed by atoms with Crippen LogP contribution in [-0.2, 0) is 9.59 Å². The Morgan fingerprint density at radius 2 is 1.50 bits per heavy atom. The highest BCUT2D eigenvalue weighted by Gasteiger charge is 2.38. The number of hydrogen-bond donors (Lipinski definition) is 0. The lowest BCUT2D eigenvalue weighted by atomic mass is 10.00. The quantitative estimate of drug-likeness (QED) is 0.629. The van der Waals surface area contributed by atoms with Crippen molar-refractivity contribution in [3.63, 3.8) is 0 Å². The lowest BCUT2D eigenvalue weighted by molar-refractivity contribution is -0.139. The SMILES string of the molecule is CC1=C(C(C)C)C(=O)N(C(C)C)C1=O. The molecule has 0 fully saturated rings. The van der Waals surface area contributed by atoms with E-state index >= 15 is 0 Å². The minimum absolute atomic E-state index is 0.0544. The molecule has 3 nitrogen and oxygen atoms in total. The topological polar surface area (TPSA) is 37.4 Å². The van der Waals surface area contributed by atoms with Gasteiger partial charge in [-0.3, -0.25) is 14.5 Å². The molecule has 2 amide bonds. The van der Waals surface area contributed by atoms with E-state index in [4.69, 9.17) is 0 Å². The predicted molar refractivity (Wildman–Crippen MR) is 54.5 cm³/mol. The van der Waals surface area contributed by atoms with Crippen molar-refractivity contribution in [1.82, 2.24) is 4.90 Å². The first kappa shape index (κ1) is 11.0. The highest BCUT2D eigenvalue weighted by molar-refractivity contribution is 6.19. The molecule has 1 rings (SSSR count). The summed E-state index contributed by atoms with van der Waals surface area (Å²) in [6.45, 7) is 9.32. The summed E-state index contributed by atoms with van der Waals surface area (Å²) in [7, 11) is 0. The molecule has 0 unspecified atom stereocenters. The second-order valence-corrected chi connectivity index (χ2v) is 4.27. The van der Waals surface area contributed by atoms with Crippen molar-refractivity contribution in [2.24, 2.45) is 5.92 Å². The molecule has 1 heterocycles. The van der Waals surface area contributed by atoms with Gasteiger partial charge in [-0.25, -0.2) is 0 Å². The molecule has 0 spiro atoms. The molecule has 0 aromatic rings. The minimum atomic E-state index is -0.131. The van der Waals surface area contributed by atoms with Crippen LogP contribution in [0.3, 0.4) is 0 Å². The van der Waals surface area contributed by atoms with Crippen LogP contribution in [0.4, 0.5) is 0 Å². The Balaban J connectivity index is 3.11. The van der Waals surface area contributed by atoms with E-state index in [1.807, 2.05) is 27.7 Å². The van der Waals surface area contributed by atoms with E-state index in [0.717, 1.165) is 0 Å². The third-order valence-corrected chi connectivity index (χ3v) is 2.49. The highest BCUT2D eigenvalue weighted by Crippen LogP contribution is 2.27. The number of carbonyl (C=O) groups excluding carboxylic acids is 2. The van der Waals surface area contributed by atoms with E-state index in [0.29, 0.717) is 11.1 Å². The highest BCUT2D eigenvalue weighted by atomic mass is 16.2. The van der Waals surface area contributed by atoms with Gasteiger partial charge in [0, 0.05) is 17.2 Å². The van der Waals surface area contributed by atoms with Crippen LogP contribution >= 0.6 is 0 Å². The molecule has 0 bridgehead atoms. The molecule has 0 radical (unpaired) electrons. The fourth-order valence-electron chi connectivity index (χ4n) is 1.83. The molecular formula is C11H17NO2. The number of nitrogens with zero attached hydrogens (tertiary/aromatic N) is 1. The fraction of sp³-hybridized carbons (Fsp3) is 0.636. The summed E-state index contributed by atoms with van der Waals surface area (Å²) < 4.78 is 0. The van der Waals surface area contributed by atoms with Gasteiger partial charge in [-0.2, -0.15) is 0 Å².